The molecule has 2 aromatic rings. The van der Waals surface area contributed by atoms with Crippen molar-refractivity contribution < 1.29 is 4.79 Å². The van der Waals surface area contributed by atoms with Crippen LogP contribution < -0.4 is 0 Å². The Balaban J connectivity index is 2.26. The van der Waals surface area contributed by atoms with E-state index in [4.69, 9.17) is 0 Å². The Hall–Kier alpha value is -1.97. The number of carbonyl (C=O) groups is 1. The van der Waals surface area contributed by atoms with Crippen LogP contribution >= 0.6 is 0 Å². The van der Waals surface area contributed by atoms with E-state index in [2.05, 4.69) is 10.1 Å². The van der Waals surface area contributed by atoms with Crippen LogP contribution in [-0.4, -0.2) is 20.5 Å². The molecule has 0 radical (unpaired) electrons. The van der Waals surface area contributed by atoms with Crippen LogP contribution in [0.1, 0.15) is 47.2 Å². The number of nitrogens with zero attached hydrogens (tertiary/aromatic N) is 3. The first kappa shape index (κ1) is 13.5. The first-order valence-electron chi connectivity index (χ1n) is 6.48. The Morgan fingerprint density at radius 3 is 2.74 bits per heavy atom. The van der Waals surface area contributed by atoms with E-state index in [0.717, 1.165) is 22.5 Å². The second-order valence-corrected chi connectivity index (χ2v) is 5.06. The summed E-state index contributed by atoms with van der Waals surface area (Å²) in [4.78, 5) is 16.6. The molecule has 0 saturated carbocycles. The van der Waals surface area contributed by atoms with E-state index in [1.807, 2.05) is 45.9 Å². The molecule has 0 saturated heterocycles. The second-order valence-electron chi connectivity index (χ2n) is 5.06. The van der Waals surface area contributed by atoms with Crippen LogP contribution in [0, 0.1) is 13.8 Å². The topological polar surface area (TPSA) is 47.8 Å². The van der Waals surface area contributed by atoms with Gasteiger partial charge in [-0.2, -0.15) is 5.10 Å². The number of rotatable bonds is 4. The van der Waals surface area contributed by atoms with Crippen molar-refractivity contribution >= 4 is 5.78 Å². The van der Waals surface area contributed by atoms with Crippen molar-refractivity contribution in [2.75, 3.05) is 0 Å². The van der Waals surface area contributed by atoms with Gasteiger partial charge < -0.3 is 0 Å². The number of hydrogen-bond donors (Lipinski definition) is 0. The minimum absolute atomic E-state index is 0.0936. The SMILES string of the molecule is Cc1cccc(C(=O)Cc2ncnn2C(C)C)c1C. The number of aryl methyl sites for hydroxylation is 1. The quantitative estimate of drug-likeness (QED) is 0.791. The van der Waals surface area contributed by atoms with Gasteiger partial charge in [-0.25, -0.2) is 9.67 Å². The average molecular weight is 257 g/mol. The van der Waals surface area contributed by atoms with E-state index in [1.54, 1.807) is 4.68 Å². The highest BCUT2D eigenvalue weighted by atomic mass is 16.1. The van der Waals surface area contributed by atoms with Crippen LogP contribution in [0.25, 0.3) is 0 Å². The maximum atomic E-state index is 12.4. The molecular weight excluding hydrogens is 238 g/mol. The Morgan fingerprint density at radius 1 is 1.32 bits per heavy atom. The van der Waals surface area contributed by atoms with Crippen LogP contribution in [0.4, 0.5) is 0 Å². The molecule has 0 N–H and O–H groups in total. The normalized spacial score (nSPS) is 11.0. The Labute approximate surface area is 113 Å². The molecule has 0 fully saturated rings. The van der Waals surface area contributed by atoms with Crippen molar-refractivity contribution in [2.24, 2.45) is 0 Å². The standard InChI is InChI=1S/C15H19N3O/c1-10(2)18-15(16-9-17-18)8-14(19)13-7-5-6-11(3)12(13)4/h5-7,9-10H,8H2,1-4H3. The predicted molar refractivity (Wildman–Crippen MR) is 74.4 cm³/mol. The molecule has 0 amide bonds. The Morgan fingerprint density at radius 2 is 2.05 bits per heavy atom. The van der Waals surface area contributed by atoms with E-state index in [0.29, 0.717) is 6.42 Å². The minimum Gasteiger partial charge on any atom is -0.294 e. The zero-order valence-corrected chi connectivity index (χ0v) is 11.8. The fraction of sp³-hybridized carbons (Fsp3) is 0.400. The molecule has 1 aromatic heterocycles. The molecule has 0 spiro atoms. The van der Waals surface area contributed by atoms with Crippen molar-refractivity contribution in [2.45, 2.75) is 40.2 Å². The molecule has 0 atom stereocenters. The Bertz CT molecular complexity index is 599. The number of Topliss-reactive ketones (excluding diaryl/α,β-unsaturated/α-hetero) is 1. The van der Waals surface area contributed by atoms with E-state index in [1.165, 1.54) is 6.33 Å². The van der Waals surface area contributed by atoms with Crippen LogP contribution in [0.5, 0.6) is 0 Å². The lowest BCUT2D eigenvalue weighted by atomic mass is 9.98. The zero-order chi connectivity index (χ0) is 14.0. The van der Waals surface area contributed by atoms with Crippen molar-refractivity contribution in [3.63, 3.8) is 0 Å². The third-order valence-corrected chi connectivity index (χ3v) is 3.36. The smallest absolute Gasteiger partial charge is 0.170 e. The van der Waals surface area contributed by atoms with Gasteiger partial charge in [0.15, 0.2) is 5.78 Å². The number of ketones is 1. The molecule has 0 aliphatic rings. The van der Waals surface area contributed by atoms with Gasteiger partial charge in [0.1, 0.15) is 12.2 Å². The lowest BCUT2D eigenvalue weighted by Crippen LogP contribution is -2.14. The van der Waals surface area contributed by atoms with Gasteiger partial charge in [-0.05, 0) is 38.8 Å². The third-order valence-electron chi connectivity index (χ3n) is 3.36. The fourth-order valence-corrected chi connectivity index (χ4v) is 2.12. The molecule has 0 aliphatic carbocycles. The van der Waals surface area contributed by atoms with Crippen molar-refractivity contribution in [1.29, 1.82) is 0 Å². The first-order chi connectivity index (χ1) is 9.00. The van der Waals surface area contributed by atoms with E-state index < -0.39 is 0 Å². The maximum absolute atomic E-state index is 12.4. The Kier molecular flexibility index (Phi) is 3.79. The summed E-state index contributed by atoms with van der Waals surface area (Å²) in [7, 11) is 0. The summed E-state index contributed by atoms with van der Waals surface area (Å²) in [5.74, 6) is 0.817. The van der Waals surface area contributed by atoms with Gasteiger partial charge in [-0.15, -0.1) is 0 Å². The first-order valence-corrected chi connectivity index (χ1v) is 6.48. The summed E-state index contributed by atoms with van der Waals surface area (Å²) in [6.45, 7) is 8.06. The number of carbonyl (C=O) groups excluding carboxylic acids is 1. The average Bonchev–Trinajstić information content (AvgIpc) is 2.80. The van der Waals surface area contributed by atoms with E-state index in [9.17, 15) is 4.79 Å². The van der Waals surface area contributed by atoms with Gasteiger partial charge in [0.25, 0.3) is 0 Å². The van der Waals surface area contributed by atoms with Crippen LogP contribution in [0.2, 0.25) is 0 Å². The summed E-state index contributed by atoms with van der Waals surface area (Å²) in [5.41, 5.74) is 2.96. The molecule has 2 rings (SSSR count). The highest BCUT2D eigenvalue weighted by molar-refractivity contribution is 5.98. The molecule has 0 unspecified atom stereocenters. The molecule has 0 aliphatic heterocycles. The molecule has 1 heterocycles. The van der Waals surface area contributed by atoms with E-state index >= 15 is 0 Å². The van der Waals surface area contributed by atoms with Crippen LogP contribution in [0.15, 0.2) is 24.5 Å². The fourth-order valence-electron chi connectivity index (χ4n) is 2.12. The van der Waals surface area contributed by atoms with Gasteiger partial charge in [-0.1, -0.05) is 18.2 Å². The maximum Gasteiger partial charge on any atom is 0.170 e. The van der Waals surface area contributed by atoms with Gasteiger partial charge >= 0.3 is 0 Å². The van der Waals surface area contributed by atoms with Crippen molar-refractivity contribution in [3.05, 3.63) is 47.0 Å². The van der Waals surface area contributed by atoms with Crippen LogP contribution in [0.3, 0.4) is 0 Å². The number of hydrogen-bond acceptors (Lipinski definition) is 3. The summed E-state index contributed by atoms with van der Waals surface area (Å²) >= 11 is 0. The monoisotopic (exact) mass is 257 g/mol. The highest BCUT2D eigenvalue weighted by Crippen LogP contribution is 2.16. The highest BCUT2D eigenvalue weighted by Gasteiger charge is 2.15. The van der Waals surface area contributed by atoms with Gasteiger partial charge in [0, 0.05) is 11.6 Å². The lowest BCUT2D eigenvalue weighted by Gasteiger charge is -2.10. The van der Waals surface area contributed by atoms with Gasteiger partial charge in [0.2, 0.25) is 0 Å². The molecular formula is C15H19N3O. The third kappa shape index (κ3) is 2.72. The summed E-state index contributed by atoms with van der Waals surface area (Å²) in [6, 6.07) is 6.02. The summed E-state index contributed by atoms with van der Waals surface area (Å²) in [6.07, 6.45) is 1.80. The molecule has 1 aromatic carbocycles. The molecule has 100 valence electrons. The second kappa shape index (κ2) is 5.34. The molecule has 4 heteroatoms. The molecule has 0 bridgehead atoms. The van der Waals surface area contributed by atoms with Crippen molar-refractivity contribution in [3.8, 4) is 0 Å². The molecule has 19 heavy (non-hydrogen) atoms. The van der Waals surface area contributed by atoms with Crippen LogP contribution in [-0.2, 0) is 6.42 Å². The molecule has 4 nitrogen and oxygen atoms in total. The van der Waals surface area contributed by atoms with Crippen molar-refractivity contribution in [1.82, 2.24) is 14.8 Å². The largest absolute Gasteiger partial charge is 0.294 e. The number of benzene rings is 1. The van der Waals surface area contributed by atoms with Gasteiger partial charge in [0.05, 0.1) is 6.42 Å². The summed E-state index contributed by atoms with van der Waals surface area (Å²) in [5, 5.41) is 4.16. The predicted octanol–water partition coefficient (Wildman–Crippen LogP) is 2.90. The van der Waals surface area contributed by atoms with Gasteiger partial charge in [-0.3, -0.25) is 4.79 Å². The van der Waals surface area contributed by atoms with E-state index in [-0.39, 0.29) is 11.8 Å². The summed E-state index contributed by atoms with van der Waals surface area (Å²) < 4.78 is 1.79. The number of aromatic nitrogens is 3. The zero-order valence-electron chi connectivity index (χ0n) is 11.8. The minimum atomic E-state index is 0.0936. The lowest BCUT2D eigenvalue weighted by molar-refractivity contribution is 0.0988.